The van der Waals surface area contributed by atoms with Crippen LogP contribution in [0.15, 0.2) is 48.5 Å². The first-order valence-electron chi connectivity index (χ1n) is 8.78. The van der Waals surface area contributed by atoms with Crippen LogP contribution in [0.3, 0.4) is 0 Å². The molecule has 0 aliphatic heterocycles. The topological polar surface area (TPSA) is 48.1 Å². The molecule has 1 atom stereocenters. The van der Waals surface area contributed by atoms with E-state index in [0.717, 1.165) is 30.6 Å². The number of nitrogens with zero attached hydrogens (tertiary/aromatic N) is 1. The number of para-hydroxylation sites is 1. The summed E-state index contributed by atoms with van der Waals surface area (Å²) in [6.45, 7) is 0. The van der Waals surface area contributed by atoms with E-state index in [4.69, 9.17) is 0 Å². The molecule has 1 heterocycles. The van der Waals surface area contributed by atoms with Gasteiger partial charge in [-0.2, -0.15) is 0 Å². The van der Waals surface area contributed by atoms with Crippen molar-refractivity contribution >= 4 is 28.2 Å². The molecule has 1 amide bonds. The minimum atomic E-state index is 0.0280. The number of carbonyl (C=O) groups is 1. The number of aryl methyl sites for hydroxylation is 1. The Morgan fingerprint density at radius 2 is 1.88 bits per heavy atom. The lowest BCUT2D eigenvalue weighted by Crippen LogP contribution is -2.28. The molecule has 0 fully saturated rings. The number of aromatic nitrogens is 1. The molecule has 3 aromatic rings. The van der Waals surface area contributed by atoms with Crippen LogP contribution in [0, 0.1) is 5.92 Å². The summed E-state index contributed by atoms with van der Waals surface area (Å²) in [7, 11) is 4.02. The standard InChI is InChI=1S/C21H23N3O/c1-24(2)16-10-8-15(9-11-16)22-21(25)14-7-12-20-18(13-14)17-5-3-4-6-19(17)23-20/h3-6,8-11,14,23H,7,12-13H2,1-2H3,(H,22,25). The molecule has 2 aromatic carbocycles. The first kappa shape index (κ1) is 15.8. The van der Waals surface area contributed by atoms with Crippen LogP contribution >= 0.6 is 0 Å². The second-order valence-corrected chi connectivity index (χ2v) is 7.00. The Morgan fingerprint density at radius 1 is 1.12 bits per heavy atom. The van der Waals surface area contributed by atoms with Gasteiger partial charge >= 0.3 is 0 Å². The average Bonchev–Trinajstić information content (AvgIpc) is 3.00. The van der Waals surface area contributed by atoms with Gasteiger partial charge in [-0.05, 0) is 55.2 Å². The Labute approximate surface area is 147 Å². The summed E-state index contributed by atoms with van der Waals surface area (Å²) in [6, 6.07) is 16.3. The first-order valence-corrected chi connectivity index (χ1v) is 8.78. The molecule has 0 spiro atoms. The summed E-state index contributed by atoms with van der Waals surface area (Å²) in [5, 5.41) is 4.34. The van der Waals surface area contributed by atoms with Crippen LogP contribution in [0.1, 0.15) is 17.7 Å². The molecule has 25 heavy (non-hydrogen) atoms. The van der Waals surface area contributed by atoms with E-state index in [1.807, 2.05) is 49.3 Å². The van der Waals surface area contributed by atoms with Gasteiger partial charge in [0.15, 0.2) is 0 Å². The molecule has 1 unspecified atom stereocenters. The number of carbonyl (C=O) groups excluding carboxylic acids is 1. The second kappa shape index (κ2) is 6.28. The maximum Gasteiger partial charge on any atom is 0.227 e. The fraction of sp³-hybridized carbons (Fsp3) is 0.286. The van der Waals surface area contributed by atoms with Gasteiger partial charge in [-0.15, -0.1) is 0 Å². The molecule has 2 N–H and O–H groups in total. The highest BCUT2D eigenvalue weighted by Crippen LogP contribution is 2.32. The number of anilines is 2. The van der Waals surface area contributed by atoms with Crippen molar-refractivity contribution in [2.75, 3.05) is 24.3 Å². The van der Waals surface area contributed by atoms with E-state index < -0.39 is 0 Å². The Balaban J connectivity index is 1.50. The van der Waals surface area contributed by atoms with Crippen LogP contribution in [0.2, 0.25) is 0 Å². The van der Waals surface area contributed by atoms with E-state index in [0.29, 0.717) is 0 Å². The van der Waals surface area contributed by atoms with Gasteiger partial charge in [0, 0.05) is 48.0 Å². The number of fused-ring (bicyclic) bond motifs is 3. The number of benzene rings is 2. The number of aromatic amines is 1. The molecule has 0 bridgehead atoms. The molecule has 128 valence electrons. The van der Waals surface area contributed by atoms with Crippen molar-refractivity contribution in [2.45, 2.75) is 19.3 Å². The van der Waals surface area contributed by atoms with Crippen molar-refractivity contribution < 1.29 is 4.79 Å². The van der Waals surface area contributed by atoms with Gasteiger partial charge in [-0.25, -0.2) is 0 Å². The predicted molar refractivity (Wildman–Crippen MR) is 103 cm³/mol. The van der Waals surface area contributed by atoms with Crippen molar-refractivity contribution in [1.29, 1.82) is 0 Å². The van der Waals surface area contributed by atoms with Crippen molar-refractivity contribution in [1.82, 2.24) is 4.98 Å². The fourth-order valence-electron chi connectivity index (χ4n) is 3.68. The van der Waals surface area contributed by atoms with Crippen LogP contribution in [-0.4, -0.2) is 25.0 Å². The van der Waals surface area contributed by atoms with Gasteiger partial charge in [0.2, 0.25) is 5.91 Å². The van der Waals surface area contributed by atoms with Crippen LogP contribution in [-0.2, 0) is 17.6 Å². The monoisotopic (exact) mass is 333 g/mol. The SMILES string of the molecule is CN(C)c1ccc(NC(=O)C2CCc3[nH]c4ccccc4c3C2)cc1. The lowest BCUT2D eigenvalue weighted by molar-refractivity contribution is -0.120. The van der Waals surface area contributed by atoms with Crippen LogP contribution in [0.5, 0.6) is 0 Å². The van der Waals surface area contributed by atoms with Crippen molar-refractivity contribution in [3.8, 4) is 0 Å². The molecule has 0 saturated carbocycles. The van der Waals surface area contributed by atoms with E-state index in [1.165, 1.54) is 22.2 Å². The Kier molecular flexibility index (Phi) is 3.96. The summed E-state index contributed by atoms with van der Waals surface area (Å²) >= 11 is 0. The Bertz CT molecular complexity index is 909. The number of hydrogen-bond donors (Lipinski definition) is 2. The molecule has 1 aromatic heterocycles. The highest BCUT2D eigenvalue weighted by molar-refractivity contribution is 5.94. The molecule has 1 aliphatic rings. The first-order chi connectivity index (χ1) is 12.1. The molecule has 4 nitrogen and oxygen atoms in total. The third-order valence-corrected chi connectivity index (χ3v) is 5.12. The van der Waals surface area contributed by atoms with E-state index in [9.17, 15) is 4.79 Å². The maximum atomic E-state index is 12.7. The number of amides is 1. The Morgan fingerprint density at radius 3 is 2.64 bits per heavy atom. The second-order valence-electron chi connectivity index (χ2n) is 7.00. The summed E-state index contributed by atoms with van der Waals surface area (Å²) < 4.78 is 0. The maximum absolute atomic E-state index is 12.7. The molecule has 4 rings (SSSR count). The van der Waals surface area contributed by atoms with Crippen molar-refractivity contribution in [3.05, 3.63) is 59.8 Å². The lowest BCUT2D eigenvalue weighted by atomic mass is 9.86. The average molecular weight is 333 g/mol. The summed E-state index contributed by atoms with van der Waals surface area (Å²) in [5.74, 6) is 0.147. The third kappa shape index (κ3) is 3.00. The molecule has 0 saturated heterocycles. The van der Waals surface area contributed by atoms with E-state index in [1.54, 1.807) is 0 Å². The fourth-order valence-corrected chi connectivity index (χ4v) is 3.68. The normalized spacial score (nSPS) is 16.5. The smallest absolute Gasteiger partial charge is 0.227 e. The van der Waals surface area contributed by atoms with Gasteiger partial charge in [0.1, 0.15) is 0 Å². The minimum absolute atomic E-state index is 0.0280. The highest BCUT2D eigenvalue weighted by Gasteiger charge is 2.27. The van der Waals surface area contributed by atoms with Gasteiger partial charge in [0.05, 0.1) is 0 Å². The number of rotatable bonds is 3. The van der Waals surface area contributed by atoms with E-state index >= 15 is 0 Å². The summed E-state index contributed by atoms with van der Waals surface area (Å²) in [5.41, 5.74) is 5.76. The predicted octanol–water partition coefficient (Wildman–Crippen LogP) is 3.98. The van der Waals surface area contributed by atoms with Gasteiger partial charge in [-0.1, -0.05) is 18.2 Å². The van der Waals surface area contributed by atoms with Crippen LogP contribution in [0.25, 0.3) is 10.9 Å². The van der Waals surface area contributed by atoms with Crippen molar-refractivity contribution in [2.24, 2.45) is 5.92 Å². The van der Waals surface area contributed by atoms with Crippen molar-refractivity contribution in [3.63, 3.8) is 0 Å². The van der Waals surface area contributed by atoms with Crippen LogP contribution in [0.4, 0.5) is 11.4 Å². The zero-order chi connectivity index (χ0) is 17.4. The van der Waals surface area contributed by atoms with Gasteiger partial charge in [-0.3, -0.25) is 4.79 Å². The summed E-state index contributed by atoms with van der Waals surface area (Å²) in [4.78, 5) is 18.3. The minimum Gasteiger partial charge on any atom is -0.378 e. The molecule has 0 radical (unpaired) electrons. The van der Waals surface area contributed by atoms with Crippen LogP contribution < -0.4 is 10.2 Å². The van der Waals surface area contributed by atoms with E-state index in [-0.39, 0.29) is 11.8 Å². The van der Waals surface area contributed by atoms with E-state index in [2.05, 4.69) is 28.5 Å². The quantitative estimate of drug-likeness (QED) is 0.762. The van der Waals surface area contributed by atoms with Gasteiger partial charge in [0.25, 0.3) is 0 Å². The largest absolute Gasteiger partial charge is 0.378 e. The molecule has 4 heteroatoms. The highest BCUT2D eigenvalue weighted by atomic mass is 16.1. The zero-order valence-corrected chi connectivity index (χ0v) is 14.7. The molecule has 1 aliphatic carbocycles. The third-order valence-electron chi connectivity index (χ3n) is 5.12. The number of nitrogens with one attached hydrogen (secondary N) is 2. The number of hydrogen-bond acceptors (Lipinski definition) is 2. The lowest BCUT2D eigenvalue weighted by Gasteiger charge is -2.22. The molecular formula is C21H23N3O. The zero-order valence-electron chi connectivity index (χ0n) is 14.7. The summed E-state index contributed by atoms with van der Waals surface area (Å²) in [6.07, 6.45) is 2.63. The number of H-pyrrole nitrogens is 1. The molecular weight excluding hydrogens is 310 g/mol. The Hall–Kier alpha value is -2.75. The van der Waals surface area contributed by atoms with Gasteiger partial charge < -0.3 is 15.2 Å².